The Kier molecular flexibility index (Phi) is 3.79. The summed E-state index contributed by atoms with van der Waals surface area (Å²) in [5, 5.41) is 0.544. The monoisotopic (exact) mass is 274 g/mol. The van der Waals surface area contributed by atoms with E-state index >= 15 is 0 Å². The molecule has 0 fully saturated rings. The molecule has 2 rings (SSSR count). The number of aromatic amines is 1. The standard InChI is InChI=1S/C15H18N2O3/c1-4-20-15(19)9-6-5-7-10-11(9)12(14(16)18)13(17-10)8(2)3/h5-8,17H,4H2,1-3H3,(H2,16,18). The van der Waals surface area contributed by atoms with Crippen LogP contribution in [0.5, 0.6) is 0 Å². The van der Waals surface area contributed by atoms with Crippen LogP contribution in [0.25, 0.3) is 10.9 Å². The zero-order valence-corrected chi connectivity index (χ0v) is 11.8. The Balaban J connectivity index is 2.78. The molecule has 0 saturated carbocycles. The number of nitrogens with one attached hydrogen (secondary N) is 1. The van der Waals surface area contributed by atoms with Gasteiger partial charge in [-0.2, -0.15) is 0 Å². The number of ether oxygens (including phenoxy) is 1. The maximum atomic E-state index is 12.0. The molecule has 0 aliphatic heterocycles. The summed E-state index contributed by atoms with van der Waals surface area (Å²) in [4.78, 5) is 27.0. The second kappa shape index (κ2) is 5.36. The highest BCUT2D eigenvalue weighted by Crippen LogP contribution is 2.30. The van der Waals surface area contributed by atoms with Gasteiger partial charge in [-0.3, -0.25) is 4.79 Å². The molecule has 0 spiro atoms. The molecule has 3 N–H and O–H groups in total. The van der Waals surface area contributed by atoms with Gasteiger partial charge in [0.05, 0.1) is 17.7 Å². The van der Waals surface area contributed by atoms with Gasteiger partial charge in [-0.25, -0.2) is 4.79 Å². The average Bonchev–Trinajstić information content (AvgIpc) is 2.78. The van der Waals surface area contributed by atoms with Crippen LogP contribution in [-0.2, 0) is 4.74 Å². The van der Waals surface area contributed by atoms with Crippen LogP contribution in [-0.4, -0.2) is 23.5 Å². The Hall–Kier alpha value is -2.30. The SMILES string of the molecule is CCOC(=O)c1cccc2[nH]c(C(C)C)c(C(N)=O)c12. The fourth-order valence-corrected chi connectivity index (χ4v) is 2.34. The van der Waals surface area contributed by atoms with Gasteiger partial charge >= 0.3 is 5.97 Å². The van der Waals surface area contributed by atoms with Crippen LogP contribution in [0.3, 0.4) is 0 Å². The van der Waals surface area contributed by atoms with Gasteiger partial charge in [0.15, 0.2) is 0 Å². The van der Waals surface area contributed by atoms with Crippen molar-refractivity contribution in [2.24, 2.45) is 5.73 Å². The number of rotatable bonds is 4. The normalized spacial score (nSPS) is 11.0. The van der Waals surface area contributed by atoms with Gasteiger partial charge in [-0.05, 0) is 25.0 Å². The van der Waals surface area contributed by atoms with Crippen LogP contribution in [0.4, 0.5) is 0 Å². The van der Waals surface area contributed by atoms with Crippen LogP contribution in [0.1, 0.15) is 53.1 Å². The number of H-pyrrole nitrogens is 1. The lowest BCUT2D eigenvalue weighted by molar-refractivity contribution is 0.0528. The van der Waals surface area contributed by atoms with Crippen LogP contribution < -0.4 is 5.73 Å². The van der Waals surface area contributed by atoms with Crippen LogP contribution in [0, 0.1) is 0 Å². The second-order valence-corrected chi connectivity index (χ2v) is 4.88. The molecule has 20 heavy (non-hydrogen) atoms. The van der Waals surface area contributed by atoms with E-state index in [2.05, 4.69) is 4.98 Å². The van der Waals surface area contributed by atoms with Crippen molar-refractivity contribution in [2.45, 2.75) is 26.7 Å². The number of amides is 1. The first-order valence-corrected chi connectivity index (χ1v) is 6.58. The molecule has 1 heterocycles. The number of nitrogens with two attached hydrogens (primary N) is 1. The third kappa shape index (κ3) is 2.27. The summed E-state index contributed by atoms with van der Waals surface area (Å²) in [7, 11) is 0. The molecule has 106 valence electrons. The van der Waals surface area contributed by atoms with Gasteiger partial charge in [0.1, 0.15) is 0 Å². The molecule has 0 aliphatic carbocycles. The van der Waals surface area contributed by atoms with Crippen LogP contribution in [0.2, 0.25) is 0 Å². The molecule has 5 heteroatoms. The van der Waals surface area contributed by atoms with E-state index < -0.39 is 11.9 Å². The largest absolute Gasteiger partial charge is 0.462 e. The molecular formula is C15H18N2O3. The van der Waals surface area contributed by atoms with Crippen molar-refractivity contribution in [3.8, 4) is 0 Å². The highest BCUT2D eigenvalue weighted by molar-refractivity contribution is 6.15. The summed E-state index contributed by atoms with van der Waals surface area (Å²) < 4.78 is 5.04. The number of hydrogen-bond acceptors (Lipinski definition) is 3. The number of fused-ring (bicyclic) bond motifs is 1. The highest BCUT2D eigenvalue weighted by atomic mass is 16.5. The molecule has 5 nitrogen and oxygen atoms in total. The fraction of sp³-hybridized carbons (Fsp3) is 0.333. The summed E-state index contributed by atoms with van der Waals surface area (Å²) in [6, 6.07) is 5.21. The fourth-order valence-electron chi connectivity index (χ4n) is 2.34. The first-order valence-electron chi connectivity index (χ1n) is 6.58. The topological polar surface area (TPSA) is 85.2 Å². The molecular weight excluding hydrogens is 256 g/mol. The van der Waals surface area contributed by atoms with E-state index in [4.69, 9.17) is 10.5 Å². The van der Waals surface area contributed by atoms with E-state index in [1.807, 2.05) is 19.9 Å². The third-order valence-electron chi connectivity index (χ3n) is 3.17. The lowest BCUT2D eigenvalue weighted by Gasteiger charge is -2.06. The van der Waals surface area contributed by atoms with Crippen LogP contribution in [0.15, 0.2) is 18.2 Å². The molecule has 0 unspecified atom stereocenters. The van der Waals surface area contributed by atoms with Crippen molar-refractivity contribution in [3.63, 3.8) is 0 Å². The molecule has 1 aromatic heterocycles. The Bertz CT molecular complexity index is 671. The van der Waals surface area contributed by atoms with E-state index in [0.717, 1.165) is 5.69 Å². The molecule has 1 amide bonds. The van der Waals surface area contributed by atoms with E-state index in [0.29, 0.717) is 22.0 Å². The van der Waals surface area contributed by atoms with Crippen molar-refractivity contribution < 1.29 is 14.3 Å². The van der Waals surface area contributed by atoms with Gasteiger partial charge < -0.3 is 15.5 Å². The van der Waals surface area contributed by atoms with Crippen LogP contribution >= 0.6 is 0 Å². The van der Waals surface area contributed by atoms with Crippen molar-refractivity contribution >= 4 is 22.8 Å². The molecule has 0 bridgehead atoms. The summed E-state index contributed by atoms with van der Waals surface area (Å²) in [5.41, 5.74) is 7.69. The number of esters is 1. The number of carbonyl (C=O) groups is 2. The zero-order chi connectivity index (χ0) is 14.9. The van der Waals surface area contributed by atoms with Crippen molar-refractivity contribution in [1.82, 2.24) is 4.98 Å². The molecule has 0 aliphatic rings. The summed E-state index contributed by atoms with van der Waals surface area (Å²) in [5.74, 6) is -0.897. The summed E-state index contributed by atoms with van der Waals surface area (Å²) >= 11 is 0. The van der Waals surface area contributed by atoms with Gasteiger partial charge in [0.25, 0.3) is 5.91 Å². The van der Waals surface area contributed by atoms with Gasteiger partial charge in [0.2, 0.25) is 0 Å². The minimum absolute atomic E-state index is 0.0972. The van der Waals surface area contributed by atoms with Gasteiger partial charge in [-0.1, -0.05) is 19.9 Å². The van der Waals surface area contributed by atoms with Crippen molar-refractivity contribution in [3.05, 3.63) is 35.0 Å². The lowest BCUT2D eigenvalue weighted by atomic mass is 10.00. The number of aromatic nitrogens is 1. The Morgan fingerprint density at radius 1 is 1.35 bits per heavy atom. The first kappa shape index (κ1) is 14.1. The molecule has 2 aromatic rings. The highest BCUT2D eigenvalue weighted by Gasteiger charge is 2.23. The first-order chi connectivity index (χ1) is 9.47. The molecule has 0 saturated heterocycles. The molecule has 1 aromatic carbocycles. The number of benzene rings is 1. The van der Waals surface area contributed by atoms with Gasteiger partial charge in [-0.15, -0.1) is 0 Å². The van der Waals surface area contributed by atoms with E-state index in [1.165, 1.54) is 0 Å². The predicted molar refractivity (Wildman–Crippen MR) is 76.9 cm³/mol. The maximum absolute atomic E-state index is 12.0. The van der Waals surface area contributed by atoms with E-state index in [9.17, 15) is 9.59 Å². The van der Waals surface area contributed by atoms with Gasteiger partial charge in [0, 0.05) is 16.6 Å². The molecule has 0 atom stereocenters. The zero-order valence-electron chi connectivity index (χ0n) is 11.8. The average molecular weight is 274 g/mol. The smallest absolute Gasteiger partial charge is 0.338 e. The summed E-state index contributed by atoms with van der Waals surface area (Å²) in [6.45, 7) is 5.94. The number of hydrogen-bond donors (Lipinski definition) is 2. The Labute approximate surface area is 117 Å². The predicted octanol–water partition coefficient (Wildman–Crippen LogP) is 2.57. The quantitative estimate of drug-likeness (QED) is 0.840. The van der Waals surface area contributed by atoms with E-state index in [-0.39, 0.29) is 12.5 Å². The number of carbonyl (C=O) groups excluding carboxylic acids is 2. The number of primary amides is 1. The summed E-state index contributed by atoms with van der Waals surface area (Å²) in [6.07, 6.45) is 0. The second-order valence-electron chi connectivity index (χ2n) is 4.88. The lowest BCUT2D eigenvalue weighted by Crippen LogP contribution is -2.15. The van der Waals surface area contributed by atoms with Crippen molar-refractivity contribution in [1.29, 1.82) is 0 Å². The Morgan fingerprint density at radius 2 is 2.05 bits per heavy atom. The van der Waals surface area contributed by atoms with Crippen molar-refractivity contribution in [2.75, 3.05) is 6.61 Å². The maximum Gasteiger partial charge on any atom is 0.338 e. The minimum Gasteiger partial charge on any atom is -0.462 e. The minimum atomic E-state index is -0.545. The Morgan fingerprint density at radius 3 is 2.60 bits per heavy atom. The third-order valence-corrected chi connectivity index (χ3v) is 3.17. The van der Waals surface area contributed by atoms with E-state index in [1.54, 1.807) is 19.1 Å². The molecule has 0 radical (unpaired) electrons.